The number of rotatable bonds is 15. The Bertz CT molecular complexity index is 1190. The first-order chi connectivity index (χ1) is 19.8. The van der Waals surface area contributed by atoms with Crippen LogP contribution in [0, 0.1) is 11.8 Å². The molecule has 8 heteroatoms. The van der Waals surface area contributed by atoms with Crippen LogP contribution >= 0.6 is 0 Å². The Balaban J connectivity index is 1.41. The normalized spacial score (nSPS) is 16.3. The summed E-state index contributed by atoms with van der Waals surface area (Å²) in [6.45, 7) is 8.25. The van der Waals surface area contributed by atoms with Crippen LogP contribution in [0.1, 0.15) is 92.4 Å². The van der Waals surface area contributed by atoms with Crippen LogP contribution in [0.15, 0.2) is 54.6 Å². The molecular weight excluding hydrogens is 524 g/mol. The summed E-state index contributed by atoms with van der Waals surface area (Å²) in [6, 6.07) is 11.0. The first-order valence-electron chi connectivity index (χ1n) is 14.4. The van der Waals surface area contributed by atoms with Crippen molar-refractivity contribution in [2.45, 2.75) is 71.6 Å². The number of hydrogen-bond acceptors (Lipinski definition) is 8. The summed E-state index contributed by atoms with van der Waals surface area (Å²) in [5.41, 5.74) is 0.868. The van der Waals surface area contributed by atoms with Crippen LogP contribution in [-0.2, 0) is 14.3 Å². The lowest BCUT2D eigenvalue weighted by Crippen LogP contribution is -2.25. The van der Waals surface area contributed by atoms with Crippen molar-refractivity contribution in [1.82, 2.24) is 0 Å². The Kier molecular flexibility index (Phi) is 12.6. The second kappa shape index (κ2) is 16.4. The molecule has 0 aliphatic heterocycles. The third-order valence-electron chi connectivity index (χ3n) is 7.27. The summed E-state index contributed by atoms with van der Waals surface area (Å²) in [6.07, 6.45) is 8.82. The molecule has 41 heavy (non-hydrogen) atoms. The van der Waals surface area contributed by atoms with Crippen LogP contribution in [0.3, 0.4) is 0 Å². The van der Waals surface area contributed by atoms with E-state index in [1.54, 1.807) is 31.2 Å². The van der Waals surface area contributed by atoms with E-state index in [1.807, 2.05) is 0 Å². The van der Waals surface area contributed by atoms with Gasteiger partial charge in [-0.3, -0.25) is 9.59 Å². The summed E-state index contributed by atoms with van der Waals surface area (Å²) < 4.78 is 21.8. The van der Waals surface area contributed by atoms with Crippen molar-refractivity contribution in [3.05, 3.63) is 65.7 Å². The van der Waals surface area contributed by atoms with Gasteiger partial charge in [0.05, 0.1) is 30.3 Å². The maximum Gasteiger partial charge on any atom is 0.343 e. The predicted molar refractivity (Wildman–Crippen MR) is 154 cm³/mol. The van der Waals surface area contributed by atoms with Gasteiger partial charge in [0.15, 0.2) is 6.29 Å². The Morgan fingerprint density at radius 3 is 2.17 bits per heavy atom. The SMILES string of the molecule is C=C(C)C(=O)OCCCCCCOc1ccc(C(=O)Oc2ccc(OC(=O)C3CCC(CC)CC3)c(C=O)c2)cc1. The molecule has 2 aromatic carbocycles. The van der Waals surface area contributed by atoms with Gasteiger partial charge < -0.3 is 18.9 Å². The first kappa shape index (κ1) is 31.6. The Hall–Kier alpha value is -3.94. The molecule has 0 atom stereocenters. The van der Waals surface area contributed by atoms with Gasteiger partial charge in [-0.15, -0.1) is 0 Å². The van der Waals surface area contributed by atoms with E-state index < -0.39 is 5.97 Å². The third-order valence-corrected chi connectivity index (χ3v) is 7.27. The highest BCUT2D eigenvalue weighted by atomic mass is 16.5. The van der Waals surface area contributed by atoms with Crippen LogP contribution in [0.4, 0.5) is 0 Å². The van der Waals surface area contributed by atoms with Gasteiger partial charge in [-0.05, 0) is 107 Å². The number of ether oxygens (including phenoxy) is 4. The van der Waals surface area contributed by atoms with E-state index in [1.165, 1.54) is 18.2 Å². The number of benzene rings is 2. The zero-order valence-electron chi connectivity index (χ0n) is 24.0. The number of unbranched alkanes of at least 4 members (excludes halogenated alkanes) is 3. The van der Waals surface area contributed by atoms with Crippen LogP contribution in [0.2, 0.25) is 0 Å². The van der Waals surface area contributed by atoms with Crippen molar-refractivity contribution < 1.29 is 38.1 Å². The molecule has 0 aromatic heterocycles. The zero-order chi connectivity index (χ0) is 29.6. The van der Waals surface area contributed by atoms with Gasteiger partial charge in [0.25, 0.3) is 0 Å². The number of aldehydes is 1. The van der Waals surface area contributed by atoms with E-state index in [4.69, 9.17) is 18.9 Å². The minimum atomic E-state index is -0.585. The summed E-state index contributed by atoms with van der Waals surface area (Å²) in [4.78, 5) is 48.3. The first-order valence-corrected chi connectivity index (χ1v) is 14.4. The van der Waals surface area contributed by atoms with Crippen molar-refractivity contribution in [2.75, 3.05) is 13.2 Å². The van der Waals surface area contributed by atoms with E-state index in [9.17, 15) is 19.2 Å². The lowest BCUT2D eigenvalue weighted by atomic mass is 9.81. The molecule has 1 aliphatic rings. The molecule has 220 valence electrons. The second-order valence-corrected chi connectivity index (χ2v) is 10.5. The van der Waals surface area contributed by atoms with E-state index in [2.05, 4.69) is 13.5 Å². The van der Waals surface area contributed by atoms with Gasteiger partial charge in [-0.25, -0.2) is 9.59 Å². The molecule has 0 saturated heterocycles. The van der Waals surface area contributed by atoms with Crippen molar-refractivity contribution in [1.29, 1.82) is 0 Å². The molecule has 0 radical (unpaired) electrons. The van der Waals surface area contributed by atoms with Gasteiger partial charge in [0.1, 0.15) is 17.2 Å². The highest BCUT2D eigenvalue weighted by Gasteiger charge is 2.27. The maximum atomic E-state index is 12.6. The molecule has 0 heterocycles. The van der Waals surface area contributed by atoms with Gasteiger partial charge in [0, 0.05) is 5.57 Å². The van der Waals surface area contributed by atoms with Crippen molar-refractivity contribution >= 4 is 24.2 Å². The molecule has 0 bridgehead atoms. The summed E-state index contributed by atoms with van der Waals surface area (Å²) in [5.74, 6) is 0.207. The Morgan fingerprint density at radius 1 is 0.878 bits per heavy atom. The lowest BCUT2D eigenvalue weighted by molar-refractivity contribution is -0.140. The molecular formula is C33H40O8. The third kappa shape index (κ3) is 10.2. The van der Waals surface area contributed by atoms with Gasteiger partial charge in [0.2, 0.25) is 0 Å². The van der Waals surface area contributed by atoms with Crippen molar-refractivity contribution in [3.8, 4) is 17.2 Å². The lowest BCUT2D eigenvalue weighted by Gasteiger charge is -2.26. The molecule has 8 nitrogen and oxygen atoms in total. The highest BCUT2D eigenvalue weighted by molar-refractivity contribution is 5.92. The fourth-order valence-corrected chi connectivity index (χ4v) is 4.66. The van der Waals surface area contributed by atoms with Gasteiger partial charge in [-0.2, -0.15) is 0 Å². The molecule has 0 unspecified atom stereocenters. The fraction of sp³-hybridized carbons (Fsp3) is 0.455. The topological polar surface area (TPSA) is 105 Å². The highest BCUT2D eigenvalue weighted by Crippen LogP contribution is 2.32. The molecule has 0 N–H and O–H groups in total. The number of esters is 3. The van der Waals surface area contributed by atoms with Crippen molar-refractivity contribution in [3.63, 3.8) is 0 Å². The predicted octanol–water partition coefficient (Wildman–Crippen LogP) is 6.90. The van der Waals surface area contributed by atoms with E-state index in [-0.39, 0.29) is 34.9 Å². The summed E-state index contributed by atoms with van der Waals surface area (Å²) >= 11 is 0. The minimum absolute atomic E-state index is 0.141. The molecule has 1 aliphatic carbocycles. The molecule has 1 fully saturated rings. The summed E-state index contributed by atoms with van der Waals surface area (Å²) in [7, 11) is 0. The smallest absolute Gasteiger partial charge is 0.343 e. The van der Waals surface area contributed by atoms with Gasteiger partial charge in [-0.1, -0.05) is 19.9 Å². The zero-order valence-corrected chi connectivity index (χ0v) is 24.0. The number of carbonyl (C=O) groups excluding carboxylic acids is 4. The quantitative estimate of drug-likeness (QED) is 0.0756. The van der Waals surface area contributed by atoms with Gasteiger partial charge >= 0.3 is 17.9 Å². The average Bonchev–Trinajstić information content (AvgIpc) is 2.99. The van der Waals surface area contributed by atoms with Crippen LogP contribution < -0.4 is 14.2 Å². The molecule has 1 saturated carbocycles. The maximum absolute atomic E-state index is 12.6. The standard InChI is InChI=1S/C33H40O8/c1-4-24-9-11-25(12-10-24)33(37)41-30-18-17-29(21-27(30)22-34)40-32(36)26-13-15-28(16-14-26)38-19-7-5-6-8-20-39-31(35)23(2)3/h13-18,21-22,24-25H,2,4-12,19-20H2,1,3H3. The fourth-order valence-electron chi connectivity index (χ4n) is 4.66. The second-order valence-electron chi connectivity index (χ2n) is 10.5. The molecule has 2 aromatic rings. The van der Waals surface area contributed by atoms with Crippen LogP contribution in [-0.4, -0.2) is 37.4 Å². The van der Waals surface area contributed by atoms with Crippen LogP contribution in [0.25, 0.3) is 0 Å². The number of hydrogen-bond donors (Lipinski definition) is 0. The van der Waals surface area contributed by atoms with Crippen LogP contribution in [0.5, 0.6) is 17.2 Å². The molecule has 0 spiro atoms. The van der Waals surface area contributed by atoms with E-state index >= 15 is 0 Å². The Morgan fingerprint density at radius 2 is 1.54 bits per heavy atom. The van der Waals surface area contributed by atoms with Crippen molar-refractivity contribution in [2.24, 2.45) is 11.8 Å². The number of carbonyl (C=O) groups is 4. The van der Waals surface area contributed by atoms with E-state index in [0.29, 0.717) is 42.3 Å². The molecule has 0 amide bonds. The Labute approximate surface area is 242 Å². The molecule has 3 rings (SSSR count). The largest absolute Gasteiger partial charge is 0.494 e. The average molecular weight is 565 g/mol. The van der Waals surface area contributed by atoms with E-state index in [0.717, 1.165) is 57.8 Å². The summed E-state index contributed by atoms with van der Waals surface area (Å²) in [5, 5.41) is 0. The monoisotopic (exact) mass is 564 g/mol. The minimum Gasteiger partial charge on any atom is -0.494 e.